The summed E-state index contributed by atoms with van der Waals surface area (Å²) in [4.78, 5) is 2.10. The molecule has 128 valence electrons. The van der Waals surface area contributed by atoms with Crippen molar-refractivity contribution < 1.29 is 20.1 Å². The van der Waals surface area contributed by atoms with Crippen molar-refractivity contribution in [1.29, 1.82) is 0 Å². The van der Waals surface area contributed by atoms with Crippen LogP contribution in [-0.4, -0.2) is 70.4 Å². The summed E-state index contributed by atoms with van der Waals surface area (Å²) in [5, 5.41) is 13.2. The first-order valence-corrected chi connectivity index (χ1v) is 7.90. The zero-order valence-electron chi connectivity index (χ0n) is 13.3. The molecule has 1 aliphatic rings. The summed E-state index contributed by atoms with van der Waals surface area (Å²) in [6.45, 7) is 9.81. The smallest absolute Gasteiger partial charge is 0.270 e. The van der Waals surface area contributed by atoms with Crippen molar-refractivity contribution in [2.75, 3.05) is 44.4 Å². The van der Waals surface area contributed by atoms with Gasteiger partial charge in [-0.2, -0.15) is 4.37 Å². The summed E-state index contributed by atoms with van der Waals surface area (Å²) in [5.41, 5.74) is -0.0257. The lowest BCUT2D eigenvalue weighted by Gasteiger charge is -2.27. The van der Waals surface area contributed by atoms with Gasteiger partial charge in [-0.3, -0.25) is 0 Å². The highest BCUT2D eigenvalue weighted by molar-refractivity contribution is 6.99. The first kappa shape index (κ1) is 19.0. The molecule has 1 fully saturated rings. The minimum Gasteiger partial charge on any atom is -0.472 e. The number of anilines is 1. The second-order valence-electron chi connectivity index (χ2n) is 6.09. The zero-order chi connectivity index (χ0) is 15.3. The predicted octanol–water partition coefficient (Wildman–Crippen LogP) is -0.322. The monoisotopic (exact) mass is 334 g/mol. The van der Waals surface area contributed by atoms with Gasteiger partial charge in [0, 0.05) is 25.2 Å². The van der Waals surface area contributed by atoms with Crippen molar-refractivity contribution in [2.24, 2.45) is 0 Å². The highest BCUT2D eigenvalue weighted by Crippen LogP contribution is 2.26. The van der Waals surface area contributed by atoms with Crippen LogP contribution in [0.3, 0.4) is 0 Å². The molecular weight excluding hydrogens is 308 g/mol. The van der Waals surface area contributed by atoms with Crippen molar-refractivity contribution in [3.63, 3.8) is 0 Å². The molecule has 1 aliphatic heterocycles. The highest BCUT2D eigenvalue weighted by atomic mass is 32.1. The Morgan fingerprint density at radius 2 is 2.05 bits per heavy atom. The number of aromatic nitrogens is 2. The third-order valence-corrected chi connectivity index (χ3v) is 3.54. The van der Waals surface area contributed by atoms with Crippen LogP contribution < -0.4 is 15.0 Å². The fraction of sp³-hybridized carbons (Fsp3) is 0.846. The molecular formula is C13H26N4O4S. The van der Waals surface area contributed by atoms with Crippen LogP contribution in [0.5, 0.6) is 5.88 Å². The molecule has 2 rings (SSSR count). The fourth-order valence-corrected chi connectivity index (χ4v) is 2.41. The van der Waals surface area contributed by atoms with Crippen molar-refractivity contribution in [1.82, 2.24) is 14.1 Å². The Balaban J connectivity index is 0.00000242. The summed E-state index contributed by atoms with van der Waals surface area (Å²) in [6, 6.07) is 0. The average Bonchev–Trinajstić information content (AvgIpc) is 2.91. The molecule has 0 amide bonds. The molecule has 2 heterocycles. The molecule has 9 heteroatoms. The van der Waals surface area contributed by atoms with Gasteiger partial charge in [-0.05, 0) is 20.8 Å². The maximum absolute atomic E-state index is 9.95. The van der Waals surface area contributed by atoms with E-state index in [-0.39, 0.29) is 17.6 Å². The lowest BCUT2D eigenvalue weighted by Crippen LogP contribution is -2.42. The molecule has 1 atom stereocenters. The summed E-state index contributed by atoms with van der Waals surface area (Å²) >= 11 is 1.12. The van der Waals surface area contributed by atoms with E-state index in [4.69, 9.17) is 9.47 Å². The number of hydrogen-bond donors (Lipinski definition) is 2. The first-order chi connectivity index (χ1) is 9.96. The normalized spacial score (nSPS) is 17.0. The molecule has 1 aromatic heterocycles. The van der Waals surface area contributed by atoms with E-state index in [0.717, 1.165) is 30.6 Å². The Labute approximate surface area is 135 Å². The number of β-amino-alcohol motifs (C(OH)–C–C–N with tert-alkyl or cyclic N) is 1. The molecule has 0 aliphatic carbocycles. The number of ether oxygens (including phenoxy) is 2. The van der Waals surface area contributed by atoms with Crippen LogP contribution in [0.25, 0.3) is 0 Å². The second kappa shape index (κ2) is 8.59. The molecule has 0 aromatic carbocycles. The van der Waals surface area contributed by atoms with Gasteiger partial charge in [0.25, 0.3) is 5.88 Å². The van der Waals surface area contributed by atoms with Crippen LogP contribution in [0, 0.1) is 0 Å². The van der Waals surface area contributed by atoms with Crippen LogP contribution in [0.15, 0.2) is 0 Å². The maximum atomic E-state index is 9.95. The van der Waals surface area contributed by atoms with E-state index in [1.165, 1.54) is 0 Å². The van der Waals surface area contributed by atoms with Crippen LogP contribution >= 0.6 is 11.7 Å². The largest absolute Gasteiger partial charge is 0.472 e. The van der Waals surface area contributed by atoms with Gasteiger partial charge < -0.3 is 30.3 Å². The Hall–Kier alpha value is -1.00. The molecule has 1 saturated heterocycles. The van der Waals surface area contributed by atoms with E-state index in [0.29, 0.717) is 25.6 Å². The van der Waals surface area contributed by atoms with E-state index < -0.39 is 6.10 Å². The van der Waals surface area contributed by atoms with E-state index in [9.17, 15) is 5.11 Å². The molecule has 1 aromatic rings. The third-order valence-electron chi connectivity index (χ3n) is 3.03. The molecule has 0 saturated carbocycles. The summed E-state index contributed by atoms with van der Waals surface area (Å²) in [5.74, 6) is 1.25. The SMILES string of the molecule is CC(C)(C)NCC(O)COc1nsnc1N1CCOCC1.O. The van der Waals surface area contributed by atoms with Crippen LogP contribution in [0.4, 0.5) is 5.82 Å². The minimum atomic E-state index is -0.580. The number of nitrogens with one attached hydrogen (secondary N) is 1. The lowest BCUT2D eigenvalue weighted by atomic mass is 10.1. The Kier molecular flexibility index (Phi) is 7.43. The van der Waals surface area contributed by atoms with Crippen molar-refractivity contribution in [2.45, 2.75) is 32.4 Å². The van der Waals surface area contributed by atoms with Gasteiger partial charge in [0.1, 0.15) is 12.7 Å². The second-order valence-corrected chi connectivity index (χ2v) is 6.62. The van der Waals surface area contributed by atoms with Crippen molar-refractivity contribution >= 4 is 17.5 Å². The van der Waals surface area contributed by atoms with Gasteiger partial charge >= 0.3 is 0 Å². The Bertz CT molecular complexity index is 432. The number of aliphatic hydroxyl groups is 1. The van der Waals surface area contributed by atoms with Crippen LogP contribution in [0.1, 0.15) is 20.8 Å². The first-order valence-electron chi connectivity index (χ1n) is 7.17. The van der Waals surface area contributed by atoms with Crippen molar-refractivity contribution in [3.8, 4) is 5.88 Å². The van der Waals surface area contributed by atoms with Gasteiger partial charge in [0.05, 0.1) is 24.9 Å². The van der Waals surface area contributed by atoms with E-state index in [2.05, 4.69) is 39.7 Å². The van der Waals surface area contributed by atoms with Crippen LogP contribution in [-0.2, 0) is 4.74 Å². The summed E-state index contributed by atoms with van der Waals surface area (Å²) < 4.78 is 19.4. The van der Waals surface area contributed by atoms with Gasteiger partial charge in [-0.1, -0.05) is 0 Å². The fourth-order valence-electron chi connectivity index (χ4n) is 1.89. The van der Waals surface area contributed by atoms with Gasteiger partial charge in [-0.15, -0.1) is 4.37 Å². The molecule has 0 radical (unpaired) electrons. The molecule has 4 N–H and O–H groups in total. The minimum absolute atomic E-state index is 0. The number of hydrogen-bond acceptors (Lipinski definition) is 8. The highest BCUT2D eigenvalue weighted by Gasteiger charge is 2.21. The zero-order valence-corrected chi connectivity index (χ0v) is 14.2. The molecule has 22 heavy (non-hydrogen) atoms. The van der Waals surface area contributed by atoms with Gasteiger partial charge in [-0.25, -0.2) is 0 Å². The number of nitrogens with zero attached hydrogens (tertiary/aromatic N) is 3. The molecule has 8 nitrogen and oxygen atoms in total. The third kappa shape index (κ3) is 6.01. The van der Waals surface area contributed by atoms with E-state index >= 15 is 0 Å². The molecule has 1 unspecified atom stereocenters. The molecule has 0 spiro atoms. The van der Waals surface area contributed by atoms with E-state index in [1.807, 2.05) is 0 Å². The van der Waals surface area contributed by atoms with Crippen LogP contribution in [0.2, 0.25) is 0 Å². The quantitative estimate of drug-likeness (QED) is 0.733. The Morgan fingerprint density at radius 1 is 1.36 bits per heavy atom. The number of rotatable bonds is 6. The standard InChI is InChI=1S/C13H24N4O3S.H2O/c1-13(2,3)14-8-10(18)9-20-12-11(15-21-16-12)17-4-6-19-7-5-17;/h10,14,18H,4-9H2,1-3H3;1H2. The number of aliphatic hydroxyl groups excluding tert-OH is 1. The molecule has 0 bridgehead atoms. The van der Waals surface area contributed by atoms with E-state index in [1.54, 1.807) is 0 Å². The van der Waals surface area contributed by atoms with Gasteiger partial charge in [0.2, 0.25) is 5.82 Å². The maximum Gasteiger partial charge on any atom is 0.270 e. The predicted molar refractivity (Wildman–Crippen MR) is 85.8 cm³/mol. The van der Waals surface area contributed by atoms with Gasteiger partial charge in [0.15, 0.2) is 0 Å². The average molecular weight is 334 g/mol. The van der Waals surface area contributed by atoms with Crippen molar-refractivity contribution in [3.05, 3.63) is 0 Å². The topological polar surface area (TPSA) is 111 Å². The summed E-state index contributed by atoms with van der Waals surface area (Å²) in [7, 11) is 0. The Morgan fingerprint density at radius 3 is 2.68 bits per heavy atom. The summed E-state index contributed by atoms with van der Waals surface area (Å²) in [6.07, 6.45) is -0.580. The lowest BCUT2D eigenvalue weighted by molar-refractivity contribution is 0.0975. The number of morpholine rings is 1.